The van der Waals surface area contributed by atoms with E-state index in [1.54, 1.807) is 12.1 Å². The van der Waals surface area contributed by atoms with E-state index in [9.17, 15) is 5.11 Å². The number of aromatic hydroxyl groups is 1. The Morgan fingerprint density at radius 1 is 0.966 bits per heavy atom. The van der Waals surface area contributed by atoms with Crippen molar-refractivity contribution in [2.24, 2.45) is 0 Å². The minimum atomic E-state index is -4.94. The number of phenols is 1. The molecule has 2 aromatic carbocycles. The molecule has 0 radical (unpaired) electrons. The first-order chi connectivity index (χ1) is 13.4. The molecule has 0 fully saturated rings. The van der Waals surface area contributed by atoms with Gasteiger partial charge in [0.25, 0.3) is 0 Å². The van der Waals surface area contributed by atoms with Gasteiger partial charge in [-0.3, -0.25) is 0 Å². The zero-order valence-electron chi connectivity index (χ0n) is 16.6. The van der Waals surface area contributed by atoms with Gasteiger partial charge in [0.05, 0.1) is 18.2 Å². The molecule has 3 aromatic rings. The molecule has 0 aliphatic rings. The highest BCUT2D eigenvalue weighted by Crippen LogP contribution is 2.36. The Kier molecular flexibility index (Phi) is 7.05. The molecular weight excluding hydrogens is 400 g/mol. The van der Waals surface area contributed by atoms with E-state index in [-0.39, 0.29) is 11.2 Å². The second kappa shape index (κ2) is 8.94. The summed E-state index contributed by atoms with van der Waals surface area (Å²) in [7, 11) is -4.94. The third-order valence-corrected chi connectivity index (χ3v) is 4.04. The van der Waals surface area contributed by atoms with Gasteiger partial charge in [-0.25, -0.2) is 23.1 Å². The quantitative estimate of drug-likeness (QED) is 0.623. The SMILES string of the molecule is CCOc1cc(-c2ccc(O)cc2)[o+]c2ccc(C(C)(C)C)cc12.[O-][Cl+3]([O-])([O-])[O-]. The summed E-state index contributed by atoms with van der Waals surface area (Å²) < 4.78 is 45.9. The Hall–Kier alpha value is -2.42. The van der Waals surface area contributed by atoms with Crippen LogP contribution < -0.4 is 23.4 Å². The Labute approximate surface area is 171 Å². The molecule has 0 spiro atoms. The third-order valence-electron chi connectivity index (χ3n) is 4.04. The van der Waals surface area contributed by atoms with Crippen molar-refractivity contribution in [1.29, 1.82) is 0 Å². The summed E-state index contributed by atoms with van der Waals surface area (Å²) in [5.74, 6) is 1.77. The predicted octanol–water partition coefficient (Wildman–Crippen LogP) is 1.03. The lowest BCUT2D eigenvalue weighted by Crippen LogP contribution is -2.68. The van der Waals surface area contributed by atoms with E-state index in [1.807, 2.05) is 31.2 Å². The molecule has 0 unspecified atom stereocenters. The predicted molar refractivity (Wildman–Crippen MR) is 97.6 cm³/mol. The van der Waals surface area contributed by atoms with Crippen LogP contribution in [0.15, 0.2) is 52.9 Å². The average Bonchev–Trinajstić information content (AvgIpc) is 2.60. The van der Waals surface area contributed by atoms with E-state index in [4.69, 9.17) is 27.8 Å². The van der Waals surface area contributed by atoms with E-state index in [0.29, 0.717) is 6.61 Å². The standard InChI is InChI=1S/C21H22O3.ClHO4/c1-5-23-20-13-19(14-6-9-16(22)10-7-14)24-18-11-8-15(12-17(18)20)21(2,3)4;2-1(3,4)5/h6-13H,5H2,1-4H3;(H,2,3,4,5). The van der Waals surface area contributed by atoms with Crippen LogP contribution in [-0.4, -0.2) is 11.7 Å². The second-order valence-electron chi connectivity index (χ2n) is 7.29. The number of phenolic OH excluding ortho intramolecular Hbond substituents is 1. The fourth-order valence-corrected chi connectivity index (χ4v) is 2.67. The van der Waals surface area contributed by atoms with Crippen LogP contribution in [-0.2, 0) is 5.41 Å². The summed E-state index contributed by atoms with van der Waals surface area (Å²) >= 11 is 0. The second-order valence-corrected chi connectivity index (χ2v) is 8.05. The molecule has 156 valence electrons. The van der Waals surface area contributed by atoms with Gasteiger partial charge in [0.2, 0.25) is 0 Å². The van der Waals surface area contributed by atoms with Crippen LogP contribution >= 0.6 is 0 Å². The lowest BCUT2D eigenvalue weighted by atomic mass is 9.86. The van der Waals surface area contributed by atoms with Gasteiger partial charge in [-0.2, -0.15) is 0 Å². The monoisotopic (exact) mass is 422 g/mol. The molecule has 0 bridgehead atoms. The first kappa shape index (κ1) is 22.9. The number of rotatable bonds is 3. The molecular formula is C21H23ClO7. The summed E-state index contributed by atoms with van der Waals surface area (Å²) in [5.41, 5.74) is 2.99. The third kappa shape index (κ3) is 6.85. The van der Waals surface area contributed by atoms with Gasteiger partial charge in [0, 0.05) is 6.07 Å². The molecule has 0 amide bonds. The molecule has 29 heavy (non-hydrogen) atoms. The molecule has 0 aliphatic heterocycles. The molecule has 1 N–H and O–H groups in total. The molecule has 0 atom stereocenters. The molecule has 7 nitrogen and oxygen atoms in total. The van der Waals surface area contributed by atoms with E-state index < -0.39 is 10.2 Å². The highest BCUT2D eigenvalue weighted by molar-refractivity contribution is 5.86. The number of benzene rings is 2. The number of fused-ring (bicyclic) bond motifs is 1. The Balaban J connectivity index is 0.000000537. The Morgan fingerprint density at radius 2 is 1.55 bits per heavy atom. The summed E-state index contributed by atoms with van der Waals surface area (Å²) in [6.45, 7) is 9.14. The van der Waals surface area contributed by atoms with Crippen molar-refractivity contribution in [3.63, 3.8) is 0 Å². The van der Waals surface area contributed by atoms with E-state index in [2.05, 4.69) is 32.9 Å². The molecule has 0 aliphatic carbocycles. The summed E-state index contributed by atoms with van der Waals surface area (Å²) in [4.78, 5) is 0. The van der Waals surface area contributed by atoms with Crippen molar-refractivity contribution >= 4 is 11.0 Å². The van der Waals surface area contributed by atoms with E-state index in [1.165, 1.54) is 5.56 Å². The fraction of sp³-hybridized carbons (Fsp3) is 0.286. The van der Waals surface area contributed by atoms with Gasteiger partial charge in [-0.15, -0.1) is 10.2 Å². The molecule has 8 heteroatoms. The Morgan fingerprint density at radius 3 is 2.07 bits per heavy atom. The number of ether oxygens (including phenoxy) is 1. The molecule has 3 rings (SSSR count). The maximum absolute atomic E-state index is 9.47. The minimum absolute atomic E-state index is 0.0628. The molecule has 0 saturated heterocycles. The van der Waals surface area contributed by atoms with Crippen LogP contribution in [0.3, 0.4) is 0 Å². The van der Waals surface area contributed by atoms with Crippen molar-refractivity contribution in [1.82, 2.24) is 0 Å². The van der Waals surface area contributed by atoms with Gasteiger partial charge in [0.1, 0.15) is 16.9 Å². The molecule has 1 aromatic heterocycles. The van der Waals surface area contributed by atoms with Crippen molar-refractivity contribution in [3.05, 3.63) is 54.1 Å². The van der Waals surface area contributed by atoms with Gasteiger partial charge in [-0.1, -0.05) is 20.8 Å². The maximum atomic E-state index is 9.47. The molecule has 0 saturated carbocycles. The van der Waals surface area contributed by atoms with Crippen molar-refractivity contribution in [2.45, 2.75) is 33.1 Å². The normalized spacial score (nSPS) is 11.7. The highest BCUT2D eigenvalue weighted by Gasteiger charge is 2.23. The van der Waals surface area contributed by atoms with Crippen LogP contribution in [0.25, 0.3) is 22.3 Å². The molecule has 1 heterocycles. The van der Waals surface area contributed by atoms with Crippen molar-refractivity contribution in [2.75, 3.05) is 6.61 Å². The Bertz CT molecular complexity index is 952. The smallest absolute Gasteiger partial charge is 0.364 e. The summed E-state index contributed by atoms with van der Waals surface area (Å²) in [6.07, 6.45) is 0. The van der Waals surface area contributed by atoms with E-state index in [0.717, 1.165) is 28.0 Å². The fourth-order valence-electron chi connectivity index (χ4n) is 2.67. The van der Waals surface area contributed by atoms with Crippen LogP contribution in [0.1, 0.15) is 33.3 Å². The van der Waals surface area contributed by atoms with E-state index >= 15 is 0 Å². The first-order valence-corrected chi connectivity index (χ1v) is 10.1. The first-order valence-electron chi connectivity index (χ1n) is 8.84. The summed E-state index contributed by atoms with van der Waals surface area (Å²) in [6, 6.07) is 15.1. The number of halogens is 1. The summed E-state index contributed by atoms with van der Waals surface area (Å²) in [5, 5.41) is 10.4. The zero-order chi connectivity index (χ0) is 21.8. The average molecular weight is 423 g/mol. The number of hydrogen-bond donors (Lipinski definition) is 1. The lowest BCUT2D eigenvalue weighted by Gasteiger charge is -2.18. The lowest BCUT2D eigenvalue weighted by molar-refractivity contribution is -2.00. The van der Waals surface area contributed by atoms with Crippen LogP contribution in [0, 0.1) is 10.2 Å². The van der Waals surface area contributed by atoms with Crippen LogP contribution in [0.5, 0.6) is 11.5 Å². The van der Waals surface area contributed by atoms with Crippen LogP contribution in [0.4, 0.5) is 0 Å². The van der Waals surface area contributed by atoms with Gasteiger partial charge in [0.15, 0.2) is 0 Å². The highest BCUT2D eigenvalue weighted by atomic mass is 35.7. The largest absolute Gasteiger partial charge is 0.508 e. The minimum Gasteiger partial charge on any atom is -0.508 e. The van der Waals surface area contributed by atoms with Gasteiger partial charge in [-0.05, 0) is 54.3 Å². The topological polar surface area (TPSA) is 133 Å². The van der Waals surface area contributed by atoms with Crippen molar-refractivity contribution in [3.8, 4) is 22.8 Å². The zero-order valence-corrected chi connectivity index (χ0v) is 17.4. The number of hydrogen-bond acceptors (Lipinski definition) is 6. The van der Waals surface area contributed by atoms with Crippen LogP contribution in [0.2, 0.25) is 0 Å². The van der Waals surface area contributed by atoms with Gasteiger partial charge < -0.3 is 9.84 Å². The van der Waals surface area contributed by atoms with Gasteiger partial charge >= 0.3 is 11.3 Å². The van der Waals surface area contributed by atoms with Crippen molar-refractivity contribution < 1.29 is 43.1 Å². The maximum Gasteiger partial charge on any atom is 0.364 e.